The highest BCUT2D eigenvalue weighted by atomic mass is 35.5. The van der Waals surface area contributed by atoms with Crippen molar-refractivity contribution in [2.75, 3.05) is 19.8 Å². The number of ether oxygens (including phenoxy) is 3. The summed E-state index contributed by atoms with van der Waals surface area (Å²) in [5, 5.41) is 19.2. The van der Waals surface area contributed by atoms with Gasteiger partial charge < -0.3 is 23.9 Å². The van der Waals surface area contributed by atoms with Crippen molar-refractivity contribution in [3.63, 3.8) is 0 Å². The molecule has 206 valence electrons. The van der Waals surface area contributed by atoms with E-state index in [-0.39, 0.29) is 32.0 Å². The van der Waals surface area contributed by atoms with Gasteiger partial charge in [-0.05, 0) is 55.7 Å². The number of rotatable bonds is 12. The van der Waals surface area contributed by atoms with Crippen molar-refractivity contribution in [3.05, 3.63) is 63.9 Å². The average molecular weight is 582 g/mol. The summed E-state index contributed by atoms with van der Waals surface area (Å²) in [4.78, 5) is 24.4. The molecule has 1 fully saturated rings. The number of nitrogens with zero attached hydrogens (tertiary/aromatic N) is 5. The molecule has 0 atom stereocenters. The first-order chi connectivity index (χ1) is 19.3. The molecule has 0 spiro atoms. The molecule has 1 N–H and O–H groups in total. The summed E-state index contributed by atoms with van der Waals surface area (Å²) in [6.07, 6.45) is 3.76. The zero-order valence-corrected chi connectivity index (χ0v) is 23.1. The van der Waals surface area contributed by atoms with E-state index in [4.69, 9.17) is 47.5 Å². The standard InChI is InChI=1S/C28H25Cl2N5O5/c1-28(8-9-28)40-27-24-26(32-16-33-27)35(14-18-12-19(29)7-6-17(18)13-31)25(34-24)20-4-2-5-21(23(20)30)39-11-3-10-38-15-22(36)37/h2,4-7,12,16H,3,8-11,14-15H2,1H3,(H,36,37). The first-order valence-corrected chi connectivity index (χ1v) is 13.3. The number of benzene rings is 2. The molecule has 4 aromatic rings. The van der Waals surface area contributed by atoms with E-state index in [1.165, 1.54) is 6.33 Å². The molecule has 0 saturated heterocycles. The Morgan fingerprint density at radius 3 is 2.77 bits per heavy atom. The van der Waals surface area contributed by atoms with Gasteiger partial charge in [-0.1, -0.05) is 29.3 Å². The smallest absolute Gasteiger partial charge is 0.329 e. The van der Waals surface area contributed by atoms with Gasteiger partial charge in [0.1, 0.15) is 30.1 Å². The molecule has 10 nitrogen and oxygen atoms in total. The summed E-state index contributed by atoms with van der Waals surface area (Å²) in [5.41, 5.74) is 2.46. The van der Waals surface area contributed by atoms with Crippen LogP contribution in [0.5, 0.6) is 11.6 Å². The van der Waals surface area contributed by atoms with Crippen LogP contribution in [0.15, 0.2) is 42.7 Å². The molecule has 0 amide bonds. The lowest BCUT2D eigenvalue weighted by Gasteiger charge is -2.14. The third kappa shape index (κ3) is 6.12. The summed E-state index contributed by atoms with van der Waals surface area (Å²) in [6, 6.07) is 12.7. The molecular formula is C28H25Cl2N5O5. The minimum Gasteiger partial charge on any atom is -0.492 e. The van der Waals surface area contributed by atoms with E-state index < -0.39 is 5.97 Å². The lowest BCUT2D eigenvalue weighted by atomic mass is 10.1. The monoisotopic (exact) mass is 581 g/mol. The molecule has 0 unspecified atom stereocenters. The normalized spacial score (nSPS) is 13.7. The van der Waals surface area contributed by atoms with Crippen LogP contribution in [0, 0.1) is 11.3 Å². The van der Waals surface area contributed by atoms with E-state index in [0.717, 1.165) is 12.8 Å². The predicted molar refractivity (Wildman–Crippen MR) is 148 cm³/mol. The number of imidazole rings is 1. The Kier molecular flexibility index (Phi) is 8.07. The number of carboxylic acids is 1. The van der Waals surface area contributed by atoms with Gasteiger partial charge in [-0.2, -0.15) is 10.2 Å². The molecule has 1 saturated carbocycles. The molecule has 5 rings (SSSR count). The van der Waals surface area contributed by atoms with Gasteiger partial charge in [0.15, 0.2) is 11.2 Å². The van der Waals surface area contributed by atoms with E-state index >= 15 is 0 Å². The molecule has 40 heavy (non-hydrogen) atoms. The number of carboxylic acid groups (broad SMARTS) is 1. The van der Waals surface area contributed by atoms with Crippen molar-refractivity contribution < 1.29 is 24.1 Å². The van der Waals surface area contributed by atoms with Gasteiger partial charge in [0.05, 0.1) is 36.4 Å². The lowest BCUT2D eigenvalue weighted by Crippen LogP contribution is -2.13. The maximum Gasteiger partial charge on any atom is 0.329 e. The van der Waals surface area contributed by atoms with Crippen molar-refractivity contribution in [2.24, 2.45) is 0 Å². The minimum absolute atomic E-state index is 0.237. The zero-order valence-electron chi connectivity index (χ0n) is 21.6. The van der Waals surface area contributed by atoms with E-state index in [1.807, 2.05) is 17.6 Å². The first kappa shape index (κ1) is 27.6. The third-order valence-electron chi connectivity index (χ3n) is 6.43. The van der Waals surface area contributed by atoms with Gasteiger partial charge in [-0.15, -0.1) is 0 Å². The fourth-order valence-corrected chi connectivity index (χ4v) is 4.59. The molecule has 1 aliphatic carbocycles. The Morgan fingerprint density at radius 1 is 1.20 bits per heavy atom. The van der Waals surface area contributed by atoms with Crippen molar-refractivity contribution >= 4 is 40.3 Å². The number of hydrogen-bond acceptors (Lipinski definition) is 8. The fraction of sp³-hybridized carbons (Fsp3) is 0.321. The van der Waals surface area contributed by atoms with Crippen LogP contribution in [0.3, 0.4) is 0 Å². The van der Waals surface area contributed by atoms with Crippen LogP contribution in [0.25, 0.3) is 22.6 Å². The summed E-state index contributed by atoms with van der Waals surface area (Å²) in [5.74, 6) is 0.278. The number of hydrogen-bond donors (Lipinski definition) is 1. The van der Waals surface area contributed by atoms with Crippen LogP contribution in [-0.4, -0.2) is 56.0 Å². The first-order valence-electron chi connectivity index (χ1n) is 12.6. The second-order valence-corrected chi connectivity index (χ2v) is 10.4. The van der Waals surface area contributed by atoms with Crippen LogP contribution in [0.2, 0.25) is 10.0 Å². The van der Waals surface area contributed by atoms with Crippen molar-refractivity contribution in [2.45, 2.75) is 38.3 Å². The lowest BCUT2D eigenvalue weighted by molar-refractivity contribution is -0.142. The summed E-state index contributed by atoms with van der Waals surface area (Å²) in [7, 11) is 0. The Labute approximate surface area is 240 Å². The average Bonchev–Trinajstić information content (AvgIpc) is 3.54. The molecule has 1 aliphatic rings. The number of fused-ring (bicyclic) bond motifs is 1. The second-order valence-electron chi connectivity index (χ2n) is 9.60. The predicted octanol–water partition coefficient (Wildman–Crippen LogP) is 5.52. The van der Waals surface area contributed by atoms with E-state index in [1.54, 1.807) is 30.3 Å². The number of halogens is 2. The van der Waals surface area contributed by atoms with Gasteiger partial charge in [-0.3, -0.25) is 0 Å². The quantitative estimate of drug-likeness (QED) is 0.214. The topological polar surface area (TPSA) is 132 Å². The van der Waals surface area contributed by atoms with Crippen molar-refractivity contribution in [3.8, 4) is 29.1 Å². The van der Waals surface area contributed by atoms with Crippen LogP contribution < -0.4 is 9.47 Å². The summed E-state index contributed by atoms with van der Waals surface area (Å²) >= 11 is 13.1. The van der Waals surface area contributed by atoms with Crippen molar-refractivity contribution in [1.82, 2.24) is 19.5 Å². The highest BCUT2D eigenvalue weighted by Gasteiger charge is 2.41. The number of aliphatic carboxylic acids is 1. The Balaban J connectivity index is 1.53. The van der Waals surface area contributed by atoms with E-state index in [9.17, 15) is 10.1 Å². The van der Waals surface area contributed by atoms with Crippen molar-refractivity contribution in [1.29, 1.82) is 5.26 Å². The maximum atomic E-state index is 10.6. The Bertz CT molecular complexity index is 1610. The van der Waals surface area contributed by atoms with Gasteiger partial charge >= 0.3 is 5.97 Å². The summed E-state index contributed by atoms with van der Waals surface area (Å²) in [6.45, 7) is 2.41. The van der Waals surface area contributed by atoms with Gasteiger partial charge in [0.25, 0.3) is 0 Å². The van der Waals surface area contributed by atoms with Crippen LogP contribution >= 0.6 is 23.2 Å². The Hall–Kier alpha value is -3.91. The molecule has 2 aromatic heterocycles. The van der Waals surface area contributed by atoms with Crippen LogP contribution in [-0.2, 0) is 16.1 Å². The highest BCUT2D eigenvalue weighted by molar-refractivity contribution is 6.34. The SMILES string of the molecule is CC1(Oc2ncnc3c2nc(-c2cccc(OCCCOCC(=O)O)c2Cl)n3Cc2cc(Cl)ccc2C#N)CC1. The maximum absolute atomic E-state index is 10.6. The zero-order chi connectivity index (χ0) is 28.3. The molecule has 0 radical (unpaired) electrons. The second kappa shape index (κ2) is 11.7. The van der Waals surface area contributed by atoms with Crippen LogP contribution in [0.4, 0.5) is 0 Å². The molecule has 0 bridgehead atoms. The highest BCUT2D eigenvalue weighted by Crippen LogP contribution is 2.42. The van der Waals surface area contributed by atoms with E-state index in [2.05, 4.69) is 16.0 Å². The van der Waals surface area contributed by atoms with E-state index in [0.29, 0.717) is 61.8 Å². The fourth-order valence-electron chi connectivity index (χ4n) is 4.13. The molecule has 12 heteroatoms. The van der Waals surface area contributed by atoms with Gasteiger partial charge in [0.2, 0.25) is 5.88 Å². The Morgan fingerprint density at radius 2 is 2.02 bits per heavy atom. The molecule has 2 heterocycles. The van der Waals surface area contributed by atoms with Gasteiger partial charge in [-0.25, -0.2) is 14.8 Å². The molecular weight excluding hydrogens is 557 g/mol. The minimum atomic E-state index is -1.02. The van der Waals surface area contributed by atoms with Gasteiger partial charge in [0, 0.05) is 17.0 Å². The molecule has 2 aromatic carbocycles. The summed E-state index contributed by atoms with van der Waals surface area (Å²) < 4.78 is 19.0. The third-order valence-corrected chi connectivity index (χ3v) is 7.06. The number of carbonyl (C=O) groups is 1. The molecule has 0 aliphatic heterocycles. The van der Waals surface area contributed by atoms with Crippen LogP contribution in [0.1, 0.15) is 37.3 Å². The number of nitriles is 1. The number of aromatic nitrogens is 4. The largest absolute Gasteiger partial charge is 0.492 e.